The summed E-state index contributed by atoms with van der Waals surface area (Å²) in [6, 6.07) is 2.91. The van der Waals surface area contributed by atoms with E-state index in [1.807, 2.05) is 13.0 Å². The molecule has 3 atom stereocenters. The van der Waals surface area contributed by atoms with Crippen molar-refractivity contribution in [1.29, 1.82) is 0 Å². The third-order valence-electron chi connectivity index (χ3n) is 4.37. The maximum Gasteiger partial charge on any atom is 0.274 e. The van der Waals surface area contributed by atoms with Crippen LogP contribution in [-0.2, 0) is 0 Å². The molecule has 1 amide bonds. The van der Waals surface area contributed by atoms with Gasteiger partial charge in [0.1, 0.15) is 5.75 Å². The highest BCUT2D eigenvalue weighted by Crippen LogP contribution is 2.37. The first-order valence-electron chi connectivity index (χ1n) is 7.79. The molecule has 4 heteroatoms. The summed E-state index contributed by atoms with van der Waals surface area (Å²) in [6.45, 7) is 4.14. The quantitative estimate of drug-likeness (QED) is 0.901. The molecule has 118 valence electrons. The number of allylic oxidation sites excluding steroid dienone is 7. The normalized spacial score (nSPS) is 23.6. The van der Waals surface area contributed by atoms with Gasteiger partial charge in [0.15, 0.2) is 5.69 Å². The van der Waals surface area contributed by atoms with Crippen molar-refractivity contribution in [3.05, 3.63) is 71.6 Å². The summed E-state index contributed by atoms with van der Waals surface area (Å²) in [5.74, 6) is 0.186. The molecule has 0 aromatic carbocycles. The van der Waals surface area contributed by atoms with Crippen LogP contribution in [-0.4, -0.2) is 22.0 Å². The number of carbonyl (C=O) groups excluding carboxylic acids is 1. The van der Waals surface area contributed by atoms with Gasteiger partial charge < -0.3 is 10.4 Å². The Morgan fingerprint density at radius 3 is 2.96 bits per heavy atom. The summed E-state index contributed by atoms with van der Waals surface area (Å²) >= 11 is 0. The molecule has 0 spiro atoms. The van der Waals surface area contributed by atoms with E-state index in [2.05, 4.69) is 47.6 Å². The smallest absolute Gasteiger partial charge is 0.274 e. The third-order valence-corrected chi connectivity index (χ3v) is 4.37. The van der Waals surface area contributed by atoms with Crippen LogP contribution in [0.4, 0.5) is 0 Å². The van der Waals surface area contributed by atoms with Crippen LogP contribution in [0.3, 0.4) is 0 Å². The predicted molar refractivity (Wildman–Crippen MR) is 89.9 cm³/mol. The molecule has 2 N–H and O–H groups in total. The number of nitrogens with zero attached hydrogens (tertiary/aromatic N) is 1. The fourth-order valence-electron chi connectivity index (χ4n) is 3.22. The highest BCUT2D eigenvalue weighted by Gasteiger charge is 2.30. The van der Waals surface area contributed by atoms with E-state index in [1.165, 1.54) is 23.4 Å². The highest BCUT2D eigenvalue weighted by molar-refractivity contribution is 5.95. The van der Waals surface area contributed by atoms with Crippen LogP contribution in [0.25, 0.3) is 0 Å². The zero-order valence-electron chi connectivity index (χ0n) is 13.2. The number of hydrogen-bond acceptors (Lipinski definition) is 3. The van der Waals surface area contributed by atoms with Gasteiger partial charge in [-0.3, -0.25) is 4.79 Å². The average Bonchev–Trinajstić information content (AvgIpc) is 2.55. The van der Waals surface area contributed by atoms with Crippen molar-refractivity contribution in [2.75, 3.05) is 0 Å². The van der Waals surface area contributed by atoms with Crippen molar-refractivity contribution >= 4 is 5.91 Å². The van der Waals surface area contributed by atoms with E-state index < -0.39 is 0 Å². The molecule has 0 radical (unpaired) electrons. The molecule has 2 unspecified atom stereocenters. The van der Waals surface area contributed by atoms with Gasteiger partial charge in [-0.25, -0.2) is 4.98 Å². The molecular formula is C19H20N2O2. The first kappa shape index (κ1) is 15.3. The second-order valence-corrected chi connectivity index (χ2v) is 5.98. The molecule has 1 aromatic rings. The van der Waals surface area contributed by atoms with Crippen molar-refractivity contribution in [2.45, 2.75) is 19.9 Å². The monoisotopic (exact) mass is 308 g/mol. The minimum Gasteiger partial charge on any atom is -0.505 e. The molecule has 0 bridgehead atoms. The Labute approximate surface area is 135 Å². The summed E-state index contributed by atoms with van der Waals surface area (Å²) in [4.78, 5) is 16.3. The molecule has 4 nitrogen and oxygen atoms in total. The number of nitrogens with one attached hydrogen (secondary N) is 1. The van der Waals surface area contributed by atoms with Crippen LogP contribution in [0.15, 0.2) is 65.9 Å². The van der Waals surface area contributed by atoms with Gasteiger partial charge in [0, 0.05) is 18.2 Å². The molecule has 1 aromatic heterocycles. The third kappa shape index (κ3) is 2.97. The first-order valence-corrected chi connectivity index (χ1v) is 7.79. The molecule has 23 heavy (non-hydrogen) atoms. The molecule has 0 saturated heterocycles. The lowest BCUT2D eigenvalue weighted by Gasteiger charge is -2.33. The Morgan fingerprint density at radius 1 is 1.35 bits per heavy atom. The van der Waals surface area contributed by atoms with Crippen LogP contribution in [0.5, 0.6) is 5.75 Å². The summed E-state index contributed by atoms with van der Waals surface area (Å²) < 4.78 is 0. The largest absolute Gasteiger partial charge is 0.505 e. The van der Waals surface area contributed by atoms with Crippen molar-refractivity contribution in [1.82, 2.24) is 10.3 Å². The first-order chi connectivity index (χ1) is 11.1. The number of hydrogen-bond donors (Lipinski definition) is 2. The van der Waals surface area contributed by atoms with E-state index in [1.54, 1.807) is 6.07 Å². The Hall–Kier alpha value is -2.62. The summed E-state index contributed by atoms with van der Waals surface area (Å²) in [6.07, 6.45) is 14.1. The lowest BCUT2D eigenvalue weighted by Crippen LogP contribution is -2.38. The van der Waals surface area contributed by atoms with E-state index in [0.29, 0.717) is 5.92 Å². The molecule has 2 aliphatic carbocycles. The summed E-state index contributed by atoms with van der Waals surface area (Å²) in [7, 11) is 0. The fraction of sp³-hybridized carbons (Fsp3) is 0.263. The molecule has 2 aliphatic rings. The predicted octanol–water partition coefficient (Wildman–Crippen LogP) is 3.15. The number of pyridine rings is 1. The van der Waals surface area contributed by atoms with Crippen molar-refractivity contribution in [3.8, 4) is 5.75 Å². The minimum atomic E-state index is -0.365. The van der Waals surface area contributed by atoms with Gasteiger partial charge in [-0.2, -0.15) is 0 Å². The Morgan fingerprint density at radius 2 is 2.17 bits per heavy atom. The second-order valence-electron chi connectivity index (χ2n) is 5.98. The Balaban J connectivity index is 1.79. The van der Waals surface area contributed by atoms with Gasteiger partial charge in [0.05, 0.1) is 0 Å². The lowest BCUT2D eigenvalue weighted by atomic mass is 9.74. The number of carbonyl (C=O) groups is 1. The SMILES string of the molecule is CC1C=CC=C2C=CC=C([C@@H](C)NC(=O)c3ncccc3O)C21. The molecule has 1 heterocycles. The van der Waals surface area contributed by atoms with Gasteiger partial charge in [0.2, 0.25) is 0 Å². The van der Waals surface area contributed by atoms with E-state index in [9.17, 15) is 9.90 Å². The van der Waals surface area contributed by atoms with Gasteiger partial charge in [-0.05, 0) is 36.1 Å². The van der Waals surface area contributed by atoms with E-state index in [0.717, 1.165) is 0 Å². The molecular weight excluding hydrogens is 288 g/mol. The zero-order valence-corrected chi connectivity index (χ0v) is 13.2. The summed E-state index contributed by atoms with van der Waals surface area (Å²) in [5, 5.41) is 12.7. The Bertz CT molecular complexity index is 743. The Kier molecular flexibility index (Phi) is 4.15. The van der Waals surface area contributed by atoms with Gasteiger partial charge >= 0.3 is 0 Å². The maximum atomic E-state index is 12.4. The van der Waals surface area contributed by atoms with Crippen molar-refractivity contribution in [3.63, 3.8) is 0 Å². The van der Waals surface area contributed by atoms with Crippen LogP contribution in [0.1, 0.15) is 24.3 Å². The minimum absolute atomic E-state index is 0.0543. The lowest BCUT2D eigenvalue weighted by molar-refractivity contribution is 0.0935. The van der Waals surface area contributed by atoms with Crippen LogP contribution < -0.4 is 5.32 Å². The molecule has 3 rings (SSSR count). The number of aromatic nitrogens is 1. The van der Waals surface area contributed by atoms with Crippen LogP contribution >= 0.6 is 0 Å². The van der Waals surface area contributed by atoms with Gasteiger partial charge in [-0.1, -0.05) is 43.4 Å². The molecule has 0 saturated carbocycles. The number of fused-ring (bicyclic) bond motifs is 1. The highest BCUT2D eigenvalue weighted by atomic mass is 16.3. The molecule has 0 fully saturated rings. The average molecular weight is 308 g/mol. The van der Waals surface area contributed by atoms with Gasteiger partial charge in [-0.15, -0.1) is 0 Å². The topological polar surface area (TPSA) is 62.2 Å². The van der Waals surface area contributed by atoms with Crippen LogP contribution in [0, 0.1) is 11.8 Å². The zero-order chi connectivity index (χ0) is 16.4. The number of amides is 1. The second kappa shape index (κ2) is 6.24. The number of aromatic hydroxyl groups is 1. The summed E-state index contributed by atoms with van der Waals surface area (Å²) in [5.41, 5.74) is 2.48. The van der Waals surface area contributed by atoms with E-state index >= 15 is 0 Å². The number of rotatable bonds is 3. The molecule has 0 aliphatic heterocycles. The van der Waals surface area contributed by atoms with Gasteiger partial charge in [0.25, 0.3) is 5.91 Å². The van der Waals surface area contributed by atoms with E-state index in [4.69, 9.17) is 0 Å². The van der Waals surface area contributed by atoms with Crippen molar-refractivity contribution in [2.24, 2.45) is 11.8 Å². The standard InChI is InChI=1S/C19H20N2O2/c1-12-6-3-7-14-8-4-9-15(17(12)14)13(2)21-19(23)18-16(22)10-5-11-20-18/h3-13,17,22H,1-2H3,(H,21,23)/t12?,13-,17?/m1/s1. The fourth-order valence-corrected chi connectivity index (χ4v) is 3.22. The maximum absolute atomic E-state index is 12.4. The van der Waals surface area contributed by atoms with E-state index in [-0.39, 0.29) is 29.3 Å². The van der Waals surface area contributed by atoms with Crippen LogP contribution in [0.2, 0.25) is 0 Å². The van der Waals surface area contributed by atoms with Crippen molar-refractivity contribution < 1.29 is 9.90 Å².